The van der Waals surface area contributed by atoms with Crippen molar-refractivity contribution in [1.82, 2.24) is 10.1 Å². The third kappa shape index (κ3) is 3.94. The Labute approximate surface area is 132 Å². The van der Waals surface area contributed by atoms with E-state index >= 15 is 0 Å². The molecule has 0 spiro atoms. The molecule has 116 valence electrons. The quantitative estimate of drug-likeness (QED) is 0.671. The minimum absolute atomic E-state index is 0.0536. The van der Waals surface area contributed by atoms with E-state index in [2.05, 4.69) is 10.1 Å². The van der Waals surface area contributed by atoms with Crippen LogP contribution in [0.25, 0.3) is 0 Å². The van der Waals surface area contributed by atoms with Crippen LogP contribution >= 0.6 is 0 Å². The van der Waals surface area contributed by atoms with E-state index < -0.39 is 5.97 Å². The summed E-state index contributed by atoms with van der Waals surface area (Å²) >= 11 is 0. The first-order valence-corrected chi connectivity index (χ1v) is 7.00. The monoisotopic (exact) mass is 310 g/mol. The second kappa shape index (κ2) is 6.74. The Balaban J connectivity index is 1.59. The highest BCUT2D eigenvalue weighted by Gasteiger charge is 2.10. The average Bonchev–Trinajstić information content (AvgIpc) is 3.00. The second-order valence-electron chi connectivity index (χ2n) is 4.75. The lowest BCUT2D eigenvalue weighted by atomic mass is 10.2. The molecule has 0 saturated heterocycles. The number of benzene rings is 2. The van der Waals surface area contributed by atoms with E-state index in [1.165, 1.54) is 0 Å². The number of carbonyl (C=O) groups is 1. The molecule has 1 aromatic heterocycles. The third-order valence-electron chi connectivity index (χ3n) is 2.97. The van der Waals surface area contributed by atoms with Crippen LogP contribution in [-0.4, -0.2) is 16.1 Å². The number of hydrogen-bond acceptors (Lipinski definition) is 6. The summed E-state index contributed by atoms with van der Waals surface area (Å²) in [4.78, 5) is 15.9. The lowest BCUT2D eigenvalue weighted by Gasteiger charge is -2.06. The van der Waals surface area contributed by atoms with Crippen LogP contribution in [-0.2, 0) is 11.3 Å². The van der Waals surface area contributed by atoms with Crippen molar-refractivity contribution >= 4 is 5.97 Å². The minimum atomic E-state index is -0.466. The second-order valence-corrected chi connectivity index (χ2v) is 4.75. The topological polar surface area (TPSA) is 74.5 Å². The molecule has 0 bridgehead atoms. The Kier molecular flexibility index (Phi) is 4.33. The predicted molar refractivity (Wildman–Crippen MR) is 81.1 cm³/mol. The fourth-order valence-electron chi connectivity index (χ4n) is 1.89. The van der Waals surface area contributed by atoms with Crippen LogP contribution in [0.3, 0.4) is 0 Å². The highest BCUT2D eigenvalue weighted by atomic mass is 16.6. The van der Waals surface area contributed by atoms with Gasteiger partial charge in [0.25, 0.3) is 5.89 Å². The highest BCUT2D eigenvalue weighted by Crippen LogP contribution is 2.21. The molecule has 0 unspecified atom stereocenters. The number of aromatic nitrogens is 2. The van der Waals surface area contributed by atoms with Crippen LogP contribution in [0, 0.1) is 6.92 Å². The maximum Gasteiger partial charge on any atom is 0.338 e. The standard InChI is InChI=1S/C17H14N2O4/c1-12-18-16(23-19-12)11-21-17(20)13-7-9-15(10-8-13)22-14-5-3-2-4-6-14/h2-10H,11H2,1H3. The van der Waals surface area contributed by atoms with Gasteiger partial charge in [-0.25, -0.2) is 4.79 Å². The van der Waals surface area contributed by atoms with Crippen LogP contribution in [0.4, 0.5) is 0 Å². The van der Waals surface area contributed by atoms with Gasteiger partial charge < -0.3 is 14.0 Å². The summed E-state index contributed by atoms with van der Waals surface area (Å²) in [6, 6.07) is 16.1. The van der Waals surface area contributed by atoms with Gasteiger partial charge in [0.15, 0.2) is 12.4 Å². The van der Waals surface area contributed by atoms with Gasteiger partial charge in [-0.15, -0.1) is 0 Å². The van der Waals surface area contributed by atoms with Gasteiger partial charge in [0, 0.05) is 0 Å². The molecule has 3 aromatic rings. The zero-order valence-corrected chi connectivity index (χ0v) is 12.4. The lowest BCUT2D eigenvalue weighted by Crippen LogP contribution is -2.05. The number of ether oxygens (including phenoxy) is 2. The molecule has 0 aliphatic rings. The zero-order valence-electron chi connectivity index (χ0n) is 12.4. The Morgan fingerprint density at radius 2 is 1.74 bits per heavy atom. The zero-order chi connectivity index (χ0) is 16.1. The van der Waals surface area contributed by atoms with Gasteiger partial charge in [-0.05, 0) is 43.3 Å². The molecule has 0 amide bonds. The van der Waals surface area contributed by atoms with E-state index in [4.69, 9.17) is 14.0 Å². The summed E-state index contributed by atoms with van der Waals surface area (Å²) in [6.45, 7) is 1.64. The van der Waals surface area contributed by atoms with Gasteiger partial charge in [-0.2, -0.15) is 4.98 Å². The molecule has 3 rings (SSSR count). The van der Waals surface area contributed by atoms with E-state index in [1.54, 1.807) is 31.2 Å². The SMILES string of the molecule is Cc1noc(COC(=O)c2ccc(Oc3ccccc3)cc2)n1. The normalized spacial score (nSPS) is 10.3. The first-order chi connectivity index (χ1) is 11.2. The van der Waals surface area contributed by atoms with E-state index in [1.807, 2.05) is 30.3 Å². The Morgan fingerprint density at radius 3 is 2.39 bits per heavy atom. The Bertz CT molecular complexity index is 782. The summed E-state index contributed by atoms with van der Waals surface area (Å²) in [5.41, 5.74) is 0.418. The number of esters is 1. The molecule has 0 fully saturated rings. The Hall–Kier alpha value is -3.15. The van der Waals surface area contributed by atoms with Crippen molar-refractivity contribution in [3.8, 4) is 11.5 Å². The molecular weight excluding hydrogens is 296 g/mol. The molecule has 0 aliphatic heterocycles. The predicted octanol–water partition coefficient (Wildman–Crippen LogP) is 3.53. The molecule has 1 heterocycles. The van der Waals surface area contributed by atoms with E-state index in [0.717, 1.165) is 5.75 Å². The van der Waals surface area contributed by atoms with Gasteiger partial charge in [0.05, 0.1) is 5.56 Å². The van der Waals surface area contributed by atoms with Crippen molar-refractivity contribution in [3.63, 3.8) is 0 Å². The van der Waals surface area contributed by atoms with Crippen molar-refractivity contribution in [2.24, 2.45) is 0 Å². The van der Waals surface area contributed by atoms with E-state index in [0.29, 0.717) is 17.1 Å². The van der Waals surface area contributed by atoms with Crippen molar-refractivity contribution in [2.75, 3.05) is 0 Å². The van der Waals surface area contributed by atoms with Crippen LogP contribution in [0.5, 0.6) is 11.5 Å². The number of aryl methyl sites for hydroxylation is 1. The van der Waals surface area contributed by atoms with Crippen LogP contribution in [0.2, 0.25) is 0 Å². The molecular formula is C17H14N2O4. The summed E-state index contributed by atoms with van der Waals surface area (Å²) < 4.78 is 15.6. The summed E-state index contributed by atoms with van der Waals surface area (Å²) in [6.07, 6.45) is 0. The molecule has 0 radical (unpaired) electrons. The molecule has 2 aromatic carbocycles. The maximum atomic E-state index is 11.9. The summed E-state index contributed by atoms with van der Waals surface area (Å²) in [7, 11) is 0. The number of carbonyl (C=O) groups excluding carboxylic acids is 1. The van der Waals surface area contributed by atoms with Crippen LogP contribution < -0.4 is 4.74 Å². The minimum Gasteiger partial charge on any atom is -0.457 e. The van der Waals surface area contributed by atoms with Gasteiger partial charge in [0.2, 0.25) is 0 Å². The first-order valence-electron chi connectivity index (χ1n) is 7.00. The van der Waals surface area contributed by atoms with Crippen LogP contribution in [0.1, 0.15) is 22.1 Å². The van der Waals surface area contributed by atoms with E-state index in [9.17, 15) is 4.79 Å². The van der Waals surface area contributed by atoms with Gasteiger partial charge in [-0.3, -0.25) is 0 Å². The fourth-order valence-corrected chi connectivity index (χ4v) is 1.89. The number of para-hydroxylation sites is 1. The smallest absolute Gasteiger partial charge is 0.338 e. The Morgan fingerprint density at radius 1 is 1.04 bits per heavy atom. The number of hydrogen-bond donors (Lipinski definition) is 0. The maximum absolute atomic E-state index is 11.9. The number of nitrogens with zero attached hydrogens (tertiary/aromatic N) is 2. The molecule has 23 heavy (non-hydrogen) atoms. The first kappa shape index (κ1) is 14.8. The van der Waals surface area contributed by atoms with E-state index in [-0.39, 0.29) is 12.5 Å². The molecule has 0 N–H and O–H groups in total. The molecule has 6 nitrogen and oxygen atoms in total. The fraction of sp³-hybridized carbons (Fsp3) is 0.118. The number of rotatable bonds is 5. The molecule has 0 saturated carbocycles. The van der Waals surface area contributed by atoms with Crippen LogP contribution in [0.15, 0.2) is 59.1 Å². The summed E-state index contributed by atoms with van der Waals surface area (Å²) in [5, 5.41) is 3.62. The summed E-state index contributed by atoms with van der Waals surface area (Å²) in [5.74, 6) is 1.67. The molecule has 0 atom stereocenters. The van der Waals surface area contributed by atoms with Crippen molar-refractivity contribution < 1.29 is 18.8 Å². The highest BCUT2D eigenvalue weighted by molar-refractivity contribution is 5.89. The van der Waals surface area contributed by atoms with Crippen molar-refractivity contribution in [1.29, 1.82) is 0 Å². The van der Waals surface area contributed by atoms with Crippen molar-refractivity contribution in [2.45, 2.75) is 13.5 Å². The molecule has 6 heteroatoms. The van der Waals surface area contributed by atoms with Crippen molar-refractivity contribution in [3.05, 3.63) is 71.9 Å². The van der Waals surface area contributed by atoms with Gasteiger partial charge in [0.1, 0.15) is 11.5 Å². The van der Waals surface area contributed by atoms with Gasteiger partial charge >= 0.3 is 5.97 Å². The largest absolute Gasteiger partial charge is 0.457 e. The molecule has 0 aliphatic carbocycles. The average molecular weight is 310 g/mol. The van der Waals surface area contributed by atoms with Gasteiger partial charge in [-0.1, -0.05) is 23.4 Å². The third-order valence-corrected chi connectivity index (χ3v) is 2.97. The lowest BCUT2D eigenvalue weighted by molar-refractivity contribution is 0.0430.